The maximum Gasteiger partial charge on any atom is 0.213 e. The standard InChI is InChI=1S/C27H24ClN5/c28-22-12-10-21(11-13-22)25-30-31-26-23-8-4-5-9-24(23)29-27(33(25)26)32-16-14-20(15-17-32)18-19-6-2-1-3-7-19/h1-13,20H,14-18H2. The van der Waals surface area contributed by atoms with Gasteiger partial charge in [-0.15, -0.1) is 10.2 Å². The number of para-hydroxylation sites is 1. The summed E-state index contributed by atoms with van der Waals surface area (Å²) >= 11 is 6.13. The van der Waals surface area contributed by atoms with E-state index in [1.165, 1.54) is 5.56 Å². The predicted molar refractivity (Wildman–Crippen MR) is 134 cm³/mol. The summed E-state index contributed by atoms with van der Waals surface area (Å²) in [7, 11) is 0. The molecule has 1 saturated heterocycles. The maximum atomic E-state index is 6.13. The van der Waals surface area contributed by atoms with Crippen molar-refractivity contribution in [3.63, 3.8) is 0 Å². The van der Waals surface area contributed by atoms with Gasteiger partial charge in [-0.2, -0.15) is 0 Å². The first-order valence-electron chi connectivity index (χ1n) is 11.4. The second-order valence-electron chi connectivity index (χ2n) is 8.74. The summed E-state index contributed by atoms with van der Waals surface area (Å²) < 4.78 is 2.11. The molecule has 6 rings (SSSR count). The molecule has 1 fully saturated rings. The monoisotopic (exact) mass is 453 g/mol. The number of hydrogen-bond acceptors (Lipinski definition) is 4. The molecule has 6 heteroatoms. The van der Waals surface area contributed by atoms with Gasteiger partial charge in [0, 0.05) is 29.1 Å². The summed E-state index contributed by atoms with van der Waals surface area (Å²) in [5, 5.41) is 10.9. The molecule has 0 aliphatic carbocycles. The highest BCUT2D eigenvalue weighted by atomic mass is 35.5. The second kappa shape index (κ2) is 8.49. The lowest BCUT2D eigenvalue weighted by atomic mass is 9.90. The van der Waals surface area contributed by atoms with Crippen LogP contribution < -0.4 is 4.90 Å². The lowest BCUT2D eigenvalue weighted by Crippen LogP contribution is -2.36. The van der Waals surface area contributed by atoms with Crippen LogP contribution in [0.1, 0.15) is 18.4 Å². The quantitative estimate of drug-likeness (QED) is 0.332. The highest BCUT2D eigenvalue weighted by Gasteiger charge is 2.25. The fourth-order valence-electron chi connectivity index (χ4n) is 4.85. The van der Waals surface area contributed by atoms with Gasteiger partial charge in [0.15, 0.2) is 11.5 Å². The molecule has 0 N–H and O–H groups in total. The van der Waals surface area contributed by atoms with Crippen molar-refractivity contribution in [2.45, 2.75) is 19.3 Å². The molecule has 5 aromatic rings. The van der Waals surface area contributed by atoms with E-state index in [1.54, 1.807) is 0 Å². The minimum absolute atomic E-state index is 0.691. The second-order valence-corrected chi connectivity index (χ2v) is 9.18. The van der Waals surface area contributed by atoms with E-state index in [9.17, 15) is 0 Å². The van der Waals surface area contributed by atoms with Crippen LogP contribution in [-0.2, 0) is 6.42 Å². The number of rotatable bonds is 4. The van der Waals surface area contributed by atoms with E-state index < -0.39 is 0 Å². The van der Waals surface area contributed by atoms with Gasteiger partial charge in [-0.3, -0.25) is 0 Å². The van der Waals surface area contributed by atoms with Crippen LogP contribution in [0.25, 0.3) is 27.9 Å². The number of halogens is 1. The topological polar surface area (TPSA) is 46.3 Å². The molecule has 0 bridgehead atoms. The third-order valence-electron chi connectivity index (χ3n) is 6.60. The van der Waals surface area contributed by atoms with Gasteiger partial charge in [-0.05, 0) is 67.1 Å². The van der Waals surface area contributed by atoms with Gasteiger partial charge in [0.1, 0.15) is 0 Å². The smallest absolute Gasteiger partial charge is 0.213 e. The number of aromatic nitrogens is 4. The molecule has 0 saturated carbocycles. The Bertz CT molecular complexity index is 1400. The average Bonchev–Trinajstić information content (AvgIpc) is 3.31. The molecular formula is C27H24ClN5. The third kappa shape index (κ3) is 3.83. The van der Waals surface area contributed by atoms with Gasteiger partial charge in [-0.25, -0.2) is 9.38 Å². The highest BCUT2D eigenvalue weighted by molar-refractivity contribution is 6.30. The Balaban J connectivity index is 1.38. The molecule has 0 unspecified atom stereocenters. The van der Waals surface area contributed by atoms with Crippen molar-refractivity contribution < 1.29 is 0 Å². The van der Waals surface area contributed by atoms with E-state index in [1.807, 2.05) is 36.4 Å². The molecule has 5 nitrogen and oxygen atoms in total. The first-order chi connectivity index (χ1) is 16.3. The van der Waals surface area contributed by atoms with Gasteiger partial charge < -0.3 is 4.90 Å². The molecule has 2 aromatic heterocycles. The Hall–Kier alpha value is -3.44. The fourth-order valence-corrected chi connectivity index (χ4v) is 4.97. The lowest BCUT2D eigenvalue weighted by Gasteiger charge is -2.33. The van der Waals surface area contributed by atoms with Crippen molar-refractivity contribution in [2.24, 2.45) is 5.92 Å². The molecule has 1 aliphatic heterocycles. The third-order valence-corrected chi connectivity index (χ3v) is 6.85. The van der Waals surface area contributed by atoms with E-state index in [0.717, 1.165) is 66.2 Å². The van der Waals surface area contributed by atoms with Crippen LogP contribution in [0, 0.1) is 5.92 Å². The molecule has 0 spiro atoms. The minimum Gasteiger partial charge on any atom is -0.342 e. The van der Waals surface area contributed by atoms with Crippen molar-refractivity contribution in [3.05, 3.63) is 89.4 Å². The van der Waals surface area contributed by atoms with Gasteiger partial charge in [-0.1, -0.05) is 54.1 Å². The van der Waals surface area contributed by atoms with Crippen molar-refractivity contribution in [1.29, 1.82) is 0 Å². The first-order valence-corrected chi connectivity index (χ1v) is 11.8. The molecular weight excluding hydrogens is 430 g/mol. The molecule has 0 radical (unpaired) electrons. The number of benzene rings is 3. The Kier molecular flexibility index (Phi) is 5.19. The molecule has 0 atom stereocenters. The van der Waals surface area contributed by atoms with Crippen molar-refractivity contribution in [2.75, 3.05) is 18.0 Å². The van der Waals surface area contributed by atoms with Gasteiger partial charge in [0.25, 0.3) is 0 Å². The molecule has 3 heterocycles. The van der Waals surface area contributed by atoms with Crippen LogP contribution in [0.4, 0.5) is 5.95 Å². The van der Waals surface area contributed by atoms with E-state index in [4.69, 9.17) is 16.6 Å². The summed E-state index contributed by atoms with van der Waals surface area (Å²) in [6.45, 7) is 1.94. The van der Waals surface area contributed by atoms with Crippen LogP contribution >= 0.6 is 11.6 Å². The summed E-state index contributed by atoms with van der Waals surface area (Å²) in [6.07, 6.45) is 3.42. The summed E-state index contributed by atoms with van der Waals surface area (Å²) in [5.74, 6) is 2.40. The average molecular weight is 454 g/mol. The van der Waals surface area contributed by atoms with E-state index >= 15 is 0 Å². The van der Waals surface area contributed by atoms with Crippen molar-refractivity contribution >= 4 is 34.1 Å². The Labute approximate surface area is 197 Å². The van der Waals surface area contributed by atoms with Crippen LogP contribution in [0.2, 0.25) is 5.02 Å². The zero-order valence-corrected chi connectivity index (χ0v) is 19.0. The zero-order chi connectivity index (χ0) is 22.2. The number of fused-ring (bicyclic) bond motifs is 3. The van der Waals surface area contributed by atoms with E-state index in [2.05, 4.69) is 62.0 Å². The first kappa shape index (κ1) is 20.2. The predicted octanol–water partition coefficient (Wildman–Crippen LogP) is 6.06. The SMILES string of the molecule is Clc1ccc(-c2nnc3c4ccccc4nc(N4CCC(Cc5ccccc5)CC4)n23)cc1. The zero-order valence-electron chi connectivity index (χ0n) is 18.2. The summed E-state index contributed by atoms with van der Waals surface area (Å²) in [6, 6.07) is 26.7. The van der Waals surface area contributed by atoms with Crippen LogP contribution in [-0.4, -0.2) is 32.7 Å². The minimum atomic E-state index is 0.691. The largest absolute Gasteiger partial charge is 0.342 e. The number of piperidine rings is 1. The molecule has 33 heavy (non-hydrogen) atoms. The molecule has 164 valence electrons. The van der Waals surface area contributed by atoms with E-state index in [0.29, 0.717) is 10.9 Å². The van der Waals surface area contributed by atoms with Gasteiger partial charge in [0.05, 0.1) is 5.52 Å². The Morgan fingerprint density at radius 1 is 0.818 bits per heavy atom. The molecule has 0 amide bonds. The van der Waals surface area contributed by atoms with Gasteiger partial charge in [0.2, 0.25) is 5.95 Å². The Morgan fingerprint density at radius 2 is 1.55 bits per heavy atom. The van der Waals surface area contributed by atoms with E-state index in [-0.39, 0.29) is 0 Å². The van der Waals surface area contributed by atoms with Crippen molar-refractivity contribution in [1.82, 2.24) is 19.6 Å². The van der Waals surface area contributed by atoms with Gasteiger partial charge >= 0.3 is 0 Å². The lowest BCUT2D eigenvalue weighted by molar-refractivity contribution is 0.400. The Morgan fingerprint density at radius 3 is 2.33 bits per heavy atom. The number of nitrogens with zero attached hydrogens (tertiary/aromatic N) is 5. The van der Waals surface area contributed by atoms with Crippen molar-refractivity contribution in [3.8, 4) is 11.4 Å². The normalized spacial score (nSPS) is 14.9. The number of hydrogen-bond donors (Lipinski definition) is 0. The maximum absolute atomic E-state index is 6.13. The fraction of sp³-hybridized carbons (Fsp3) is 0.222. The van der Waals surface area contributed by atoms with Crippen LogP contribution in [0.15, 0.2) is 78.9 Å². The van der Waals surface area contributed by atoms with Crippen LogP contribution in [0.5, 0.6) is 0 Å². The highest BCUT2D eigenvalue weighted by Crippen LogP contribution is 2.31. The molecule has 1 aliphatic rings. The van der Waals surface area contributed by atoms with Crippen LogP contribution in [0.3, 0.4) is 0 Å². The number of anilines is 1. The summed E-state index contributed by atoms with van der Waals surface area (Å²) in [4.78, 5) is 7.49. The summed E-state index contributed by atoms with van der Waals surface area (Å²) in [5.41, 5.74) is 4.18. The molecule has 3 aromatic carbocycles.